The average Bonchev–Trinajstić information content (AvgIpc) is 3.12. The van der Waals surface area contributed by atoms with Crippen LogP contribution in [0.15, 0.2) is 67.0 Å². The largest absolute Gasteiger partial charge is 0.497 e. The van der Waals surface area contributed by atoms with Gasteiger partial charge in [-0.2, -0.15) is 4.98 Å². The molecule has 4 aromatic rings. The number of hydrogen-bond donors (Lipinski definition) is 3. The Morgan fingerprint density at radius 3 is 2.93 bits per heavy atom. The van der Waals surface area contributed by atoms with Gasteiger partial charge in [0.05, 0.1) is 7.11 Å². The molecule has 0 atom stereocenters. The van der Waals surface area contributed by atoms with Crippen molar-refractivity contribution in [1.29, 1.82) is 0 Å². The molecular weight excluding hydrogens is 338 g/mol. The summed E-state index contributed by atoms with van der Waals surface area (Å²) in [4.78, 5) is 12.1. The summed E-state index contributed by atoms with van der Waals surface area (Å²) in [7, 11) is 1.65. The predicted octanol–water partition coefficient (Wildman–Crippen LogP) is 4.36. The molecule has 0 unspecified atom stereocenters. The molecule has 136 valence electrons. The highest BCUT2D eigenvalue weighted by atomic mass is 16.5. The maximum absolute atomic E-state index is 5.25. The minimum Gasteiger partial charge on any atom is -0.497 e. The average molecular weight is 359 g/mol. The molecule has 2 aromatic carbocycles. The van der Waals surface area contributed by atoms with Crippen LogP contribution in [0.1, 0.15) is 5.56 Å². The van der Waals surface area contributed by atoms with Crippen LogP contribution in [-0.4, -0.2) is 28.6 Å². The van der Waals surface area contributed by atoms with Crippen LogP contribution in [0.25, 0.3) is 10.9 Å². The molecule has 0 bridgehead atoms. The number of H-pyrrole nitrogens is 1. The highest BCUT2D eigenvalue weighted by molar-refractivity contribution is 5.83. The second kappa shape index (κ2) is 7.78. The van der Waals surface area contributed by atoms with Crippen molar-refractivity contribution in [2.24, 2.45) is 0 Å². The van der Waals surface area contributed by atoms with Gasteiger partial charge in [-0.3, -0.25) is 0 Å². The van der Waals surface area contributed by atoms with Crippen LogP contribution in [-0.2, 0) is 6.42 Å². The van der Waals surface area contributed by atoms with E-state index in [0.29, 0.717) is 5.95 Å². The van der Waals surface area contributed by atoms with Crippen molar-refractivity contribution >= 4 is 28.4 Å². The number of hydrogen-bond acceptors (Lipinski definition) is 5. The Hall–Kier alpha value is -3.54. The lowest BCUT2D eigenvalue weighted by atomic mass is 10.1. The van der Waals surface area contributed by atoms with E-state index in [2.05, 4.69) is 50.0 Å². The van der Waals surface area contributed by atoms with Gasteiger partial charge in [-0.25, -0.2) is 4.98 Å². The molecule has 3 N–H and O–H groups in total. The maximum Gasteiger partial charge on any atom is 0.224 e. The first kappa shape index (κ1) is 16.9. The number of nitrogens with zero attached hydrogens (tertiary/aromatic N) is 2. The highest BCUT2D eigenvalue weighted by Gasteiger charge is 2.04. The molecule has 0 radical (unpaired) electrons. The van der Waals surface area contributed by atoms with Crippen LogP contribution in [0.3, 0.4) is 0 Å². The van der Waals surface area contributed by atoms with Gasteiger partial charge in [-0.15, -0.1) is 0 Å². The Morgan fingerprint density at radius 2 is 2.00 bits per heavy atom. The van der Waals surface area contributed by atoms with Crippen LogP contribution in [0.4, 0.5) is 17.5 Å². The van der Waals surface area contributed by atoms with Gasteiger partial charge in [-0.05, 0) is 36.2 Å². The van der Waals surface area contributed by atoms with Gasteiger partial charge in [0.25, 0.3) is 0 Å². The number of anilines is 3. The molecule has 2 aromatic heterocycles. The van der Waals surface area contributed by atoms with Crippen molar-refractivity contribution in [3.63, 3.8) is 0 Å². The second-order valence-electron chi connectivity index (χ2n) is 6.16. The summed E-state index contributed by atoms with van der Waals surface area (Å²) in [6.07, 6.45) is 4.69. The molecule has 0 aliphatic heterocycles. The van der Waals surface area contributed by atoms with E-state index < -0.39 is 0 Å². The van der Waals surface area contributed by atoms with Gasteiger partial charge in [0.1, 0.15) is 11.6 Å². The van der Waals surface area contributed by atoms with Crippen molar-refractivity contribution < 1.29 is 4.74 Å². The van der Waals surface area contributed by atoms with Crippen molar-refractivity contribution in [1.82, 2.24) is 15.0 Å². The lowest BCUT2D eigenvalue weighted by Gasteiger charge is -2.09. The Labute approximate surface area is 157 Å². The molecule has 0 aliphatic carbocycles. The number of ether oxygens (including phenoxy) is 1. The number of aromatic amines is 1. The summed E-state index contributed by atoms with van der Waals surface area (Å²) in [6.45, 7) is 0.754. The summed E-state index contributed by atoms with van der Waals surface area (Å²) in [6, 6.07) is 17.9. The number of methoxy groups -OCH3 is 1. The molecule has 0 saturated carbocycles. The van der Waals surface area contributed by atoms with Gasteiger partial charge in [0.15, 0.2) is 0 Å². The molecule has 6 nitrogen and oxygen atoms in total. The smallest absolute Gasteiger partial charge is 0.224 e. The van der Waals surface area contributed by atoms with Crippen molar-refractivity contribution in [2.45, 2.75) is 6.42 Å². The first-order valence-corrected chi connectivity index (χ1v) is 8.85. The number of fused-ring (bicyclic) bond motifs is 1. The fourth-order valence-corrected chi connectivity index (χ4v) is 3.01. The highest BCUT2D eigenvalue weighted by Crippen LogP contribution is 2.21. The lowest BCUT2D eigenvalue weighted by Crippen LogP contribution is -2.08. The Bertz CT molecular complexity index is 1040. The van der Waals surface area contributed by atoms with E-state index in [1.54, 1.807) is 13.3 Å². The molecule has 0 amide bonds. The van der Waals surface area contributed by atoms with Gasteiger partial charge >= 0.3 is 0 Å². The standard InChI is InChI=1S/C21H21N5O/c1-27-17-6-4-5-16(13-17)25-20-10-12-23-21(26-20)22-11-9-15-14-24-19-8-3-2-7-18(15)19/h2-8,10,12-14,24H,9,11H2,1H3,(H2,22,23,25,26). The Balaban J connectivity index is 1.39. The van der Waals surface area contributed by atoms with Gasteiger partial charge in [0, 0.05) is 41.6 Å². The van der Waals surface area contributed by atoms with E-state index in [9.17, 15) is 0 Å². The number of nitrogens with one attached hydrogen (secondary N) is 3. The number of rotatable bonds is 7. The van der Waals surface area contributed by atoms with Crippen LogP contribution in [0.2, 0.25) is 0 Å². The predicted molar refractivity (Wildman–Crippen MR) is 109 cm³/mol. The fraction of sp³-hybridized carbons (Fsp3) is 0.143. The zero-order valence-electron chi connectivity index (χ0n) is 15.1. The maximum atomic E-state index is 5.25. The van der Waals surface area contributed by atoms with Crippen molar-refractivity contribution in [3.05, 3.63) is 72.6 Å². The minimum atomic E-state index is 0.600. The third-order valence-corrected chi connectivity index (χ3v) is 4.35. The van der Waals surface area contributed by atoms with Gasteiger partial charge < -0.3 is 20.4 Å². The lowest BCUT2D eigenvalue weighted by molar-refractivity contribution is 0.415. The Morgan fingerprint density at radius 1 is 1.07 bits per heavy atom. The van der Waals surface area contributed by atoms with Crippen molar-refractivity contribution in [2.75, 3.05) is 24.3 Å². The van der Waals surface area contributed by atoms with Crippen LogP contribution in [0, 0.1) is 0 Å². The van der Waals surface area contributed by atoms with E-state index in [1.165, 1.54) is 10.9 Å². The quantitative estimate of drug-likeness (QED) is 0.457. The summed E-state index contributed by atoms with van der Waals surface area (Å²) in [5.41, 5.74) is 3.36. The van der Waals surface area contributed by atoms with Crippen LogP contribution in [0.5, 0.6) is 5.75 Å². The molecule has 0 aliphatic rings. The molecule has 27 heavy (non-hydrogen) atoms. The SMILES string of the molecule is COc1cccc(Nc2ccnc(NCCc3c[nH]c4ccccc34)n2)c1. The summed E-state index contributed by atoms with van der Waals surface area (Å²) < 4.78 is 5.25. The normalized spacial score (nSPS) is 10.7. The van der Waals surface area contributed by atoms with Crippen molar-refractivity contribution in [3.8, 4) is 5.75 Å². The molecule has 0 fully saturated rings. The van der Waals surface area contributed by atoms with E-state index in [1.807, 2.05) is 36.4 Å². The second-order valence-corrected chi connectivity index (χ2v) is 6.16. The fourth-order valence-electron chi connectivity index (χ4n) is 3.01. The summed E-state index contributed by atoms with van der Waals surface area (Å²) in [5, 5.41) is 7.82. The van der Waals surface area contributed by atoms with E-state index in [-0.39, 0.29) is 0 Å². The van der Waals surface area contributed by atoms with Gasteiger partial charge in [-0.1, -0.05) is 24.3 Å². The van der Waals surface area contributed by atoms with Crippen LogP contribution < -0.4 is 15.4 Å². The zero-order chi connectivity index (χ0) is 18.5. The molecule has 2 heterocycles. The third-order valence-electron chi connectivity index (χ3n) is 4.35. The minimum absolute atomic E-state index is 0.600. The monoisotopic (exact) mass is 359 g/mol. The molecule has 6 heteroatoms. The number of aromatic nitrogens is 3. The summed E-state index contributed by atoms with van der Waals surface area (Å²) >= 11 is 0. The first-order valence-electron chi connectivity index (χ1n) is 8.85. The van der Waals surface area contributed by atoms with E-state index in [0.717, 1.165) is 35.7 Å². The van der Waals surface area contributed by atoms with Gasteiger partial charge in [0.2, 0.25) is 5.95 Å². The number of para-hydroxylation sites is 1. The first-order chi connectivity index (χ1) is 13.3. The third kappa shape index (κ3) is 4.00. The topological polar surface area (TPSA) is 74.9 Å². The van der Waals surface area contributed by atoms with Crippen LogP contribution >= 0.6 is 0 Å². The molecule has 0 saturated heterocycles. The number of benzene rings is 2. The molecule has 4 rings (SSSR count). The van der Waals surface area contributed by atoms with E-state index >= 15 is 0 Å². The molecule has 0 spiro atoms. The Kier molecular flexibility index (Phi) is 4.87. The molecular formula is C21H21N5O. The summed E-state index contributed by atoms with van der Waals surface area (Å²) in [5.74, 6) is 2.13. The zero-order valence-corrected chi connectivity index (χ0v) is 15.1. The van der Waals surface area contributed by atoms with E-state index in [4.69, 9.17) is 4.74 Å².